The minimum atomic E-state index is -0.644. The molecule has 0 unspecified atom stereocenters. The zero-order valence-corrected chi connectivity index (χ0v) is 11.0. The molecule has 102 valence electrons. The molecule has 0 aliphatic heterocycles. The van der Waals surface area contributed by atoms with E-state index in [-0.39, 0.29) is 5.91 Å². The van der Waals surface area contributed by atoms with E-state index in [1.807, 2.05) is 0 Å². The largest absolute Gasteiger partial charge is 0.351 e. The van der Waals surface area contributed by atoms with Crippen molar-refractivity contribution in [3.05, 3.63) is 53.3 Å². The van der Waals surface area contributed by atoms with Gasteiger partial charge in [0.05, 0.1) is 5.56 Å². The van der Waals surface area contributed by atoms with Crippen molar-refractivity contribution in [1.29, 1.82) is 0 Å². The van der Waals surface area contributed by atoms with E-state index in [1.165, 1.54) is 12.3 Å². The third kappa shape index (κ3) is 3.69. The van der Waals surface area contributed by atoms with Crippen molar-refractivity contribution in [2.45, 2.75) is 0 Å². The predicted molar refractivity (Wildman–Crippen MR) is 76.8 cm³/mol. The molecule has 0 aliphatic carbocycles. The number of halogens is 1. The lowest BCUT2D eigenvalue weighted by molar-refractivity contribution is 0.102. The first kappa shape index (κ1) is 13.8. The van der Waals surface area contributed by atoms with Crippen LogP contribution >= 0.6 is 11.6 Å². The minimum absolute atomic E-state index is 0.301. The molecule has 1 aromatic carbocycles. The fraction of sp³-hybridized carbons (Fsp3) is 0. The van der Waals surface area contributed by atoms with Gasteiger partial charge in [-0.3, -0.25) is 4.79 Å². The number of aromatic nitrogens is 1. The number of nitrogens with zero attached hydrogens (tertiary/aromatic N) is 1. The average Bonchev–Trinajstić information content (AvgIpc) is 2.41. The lowest BCUT2D eigenvalue weighted by Crippen LogP contribution is -2.19. The molecular formula is C13H11ClN4O2. The summed E-state index contributed by atoms with van der Waals surface area (Å²) in [5.74, 6) is -0.301. The number of anilines is 2. The van der Waals surface area contributed by atoms with Crippen LogP contribution in [0, 0.1) is 0 Å². The normalized spacial score (nSPS) is 9.85. The van der Waals surface area contributed by atoms with Gasteiger partial charge in [-0.2, -0.15) is 0 Å². The van der Waals surface area contributed by atoms with Crippen molar-refractivity contribution >= 4 is 34.9 Å². The maximum Gasteiger partial charge on any atom is 0.316 e. The number of nitrogens with one attached hydrogen (secondary N) is 2. The van der Waals surface area contributed by atoms with Gasteiger partial charge in [0.25, 0.3) is 5.91 Å². The molecule has 7 heteroatoms. The van der Waals surface area contributed by atoms with Crippen LogP contribution in [-0.2, 0) is 0 Å². The molecule has 0 fully saturated rings. The number of nitrogens with two attached hydrogens (primary N) is 1. The smallest absolute Gasteiger partial charge is 0.316 e. The van der Waals surface area contributed by atoms with Crippen molar-refractivity contribution < 1.29 is 9.59 Å². The molecule has 20 heavy (non-hydrogen) atoms. The molecule has 0 saturated carbocycles. The summed E-state index contributed by atoms with van der Waals surface area (Å²) in [6.45, 7) is 0. The standard InChI is InChI=1S/C13H11ClN4O2/c14-11-6-1-8(7-16-11)12(19)17-9-2-4-10(5-3-9)18-13(15)20/h1-7H,(H,17,19)(H3,15,18,20). The van der Waals surface area contributed by atoms with E-state index in [0.717, 1.165) is 0 Å². The third-order valence-electron chi connectivity index (χ3n) is 2.40. The summed E-state index contributed by atoms with van der Waals surface area (Å²) in [6, 6.07) is 9.01. The molecule has 6 nitrogen and oxygen atoms in total. The van der Waals surface area contributed by atoms with E-state index < -0.39 is 6.03 Å². The number of amides is 3. The van der Waals surface area contributed by atoms with Gasteiger partial charge in [0, 0.05) is 17.6 Å². The van der Waals surface area contributed by atoms with Crippen LogP contribution in [0.25, 0.3) is 0 Å². The van der Waals surface area contributed by atoms with Crippen LogP contribution in [0.15, 0.2) is 42.6 Å². The van der Waals surface area contributed by atoms with E-state index in [1.54, 1.807) is 30.3 Å². The molecule has 1 heterocycles. The van der Waals surface area contributed by atoms with Crippen LogP contribution in [0.1, 0.15) is 10.4 Å². The topological polar surface area (TPSA) is 97.1 Å². The van der Waals surface area contributed by atoms with Gasteiger partial charge >= 0.3 is 6.03 Å². The Balaban J connectivity index is 2.04. The zero-order valence-electron chi connectivity index (χ0n) is 10.3. The summed E-state index contributed by atoms with van der Waals surface area (Å²) < 4.78 is 0. The van der Waals surface area contributed by atoms with E-state index in [4.69, 9.17) is 17.3 Å². The zero-order chi connectivity index (χ0) is 14.5. The van der Waals surface area contributed by atoms with Gasteiger partial charge in [-0.1, -0.05) is 11.6 Å². The van der Waals surface area contributed by atoms with Gasteiger partial charge in [0.1, 0.15) is 5.15 Å². The molecule has 0 saturated heterocycles. The van der Waals surface area contributed by atoms with Crippen molar-refractivity contribution in [1.82, 2.24) is 4.98 Å². The fourth-order valence-electron chi connectivity index (χ4n) is 1.49. The second kappa shape index (κ2) is 6.03. The minimum Gasteiger partial charge on any atom is -0.351 e. The number of urea groups is 1. The summed E-state index contributed by atoms with van der Waals surface area (Å²) in [4.78, 5) is 26.4. The van der Waals surface area contributed by atoms with Gasteiger partial charge in [-0.05, 0) is 36.4 Å². The van der Waals surface area contributed by atoms with Crippen LogP contribution < -0.4 is 16.4 Å². The van der Waals surface area contributed by atoms with Gasteiger partial charge in [0.15, 0.2) is 0 Å². The van der Waals surface area contributed by atoms with Gasteiger partial charge in [-0.25, -0.2) is 9.78 Å². The number of rotatable bonds is 3. The lowest BCUT2D eigenvalue weighted by atomic mass is 10.2. The van der Waals surface area contributed by atoms with Crippen LogP contribution in [0.2, 0.25) is 5.15 Å². The average molecular weight is 291 g/mol. The second-order valence-electron chi connectivity index (χ2n) is 3.89. The van der Waals surface area contributed by atoms with Crippen molar-refractivity contribution in [2.75, 3.05) is 10.6 Å². The maximum absolute atomic E-state index is 11.9. The summed E-state index contributed by atoms with van der Waals surface area (Å²) in [5.41, 5.74) is 6.52. The molecule has 4 N–H and O–H groups in total. The molecule has 0 atom stereocenters. The van der Waals surface area contributed by atoms with Gasteiger partial charge < -0.3 is 16.4 Å². The third-order valence-corrected chi connectivity index (χ3v) is 2.62. The summed E-state index contributed by atoms with van der Waals surface area (Å²) in [6.07, 6.45) is 1.39. The molecule has 3 amide bonds. The highest BCUT2D eigenvalue weighted by Crippen LogP contribution is 2.14. The Bertz CT molecular complexity index is 626. The lowest BCUT2D eigenvalue weighted by Gasteiger charge is -2.06. The fourth-order valence-corrected chi connectivity index (χ4v) is 1.60. The Kier molecular flexibility index (Phi) is 4.17. The second-order valence-corrected chi connectivity index (χ2v) is 4.28. The Morgan fingerprint density at radius 1 is 1.00 bits per heavy atom. The number of pyridine rings is 1. The van der Waals surface area contributed by atoms with Crippen LogP contribution in [0.5, 0.6) is 0 Å². The molecule has 1 aromatic heterocycles. The monoisotopic (exact) mass is 290 g/mol. The summed E-state index contributed by atoms with van der Waals surface area (Å²) >= 11 is 5.65. The molecule has 0 aliphatic rings. The molecular weight excluding hydrogens is 280 g/mol. The number of benzene rings is 1. The Morgan fingerprint density at radius 3 is 2.10 bits per heavy atom. The van der Waals surface area contributed by atoms with E-state index in [9.17, 15) is 9.59 Å². The molecule has 0 radical (unpaired) electrons. The number of primary amides is 1. The molecule has 0 bridgehead atoms. The summed E-state index contributed by atoms with van der Waals surface area (Å²) in [5, 5.41) is 5.44. The molecule has 2 rings (SSSR count). The van der Waals surface area contributed by atoms with Gasteiger partial charge in [-0.15, -0.1) is 0 Å². The first-order valence-electron chi connectivity index (χ1n) is 5.64. The van der Waals surface area contributed by atoms with E-state index >= 15 is 0 Å². The predicted octanol–water partition coefficient (Wildman–Crippen LogP) is 2.48. The SMILES string of the molecule is NC(=O)Nc1ccc(NC(=O)c2ccc(Cl)nc2)cc1. The van der Waals surface area contributed by atoms with E-state index in [0.29, 0.717) is 22.1 Å². The van der Waals surface area contributed by atoms with E-state index in [2.05, 4.69) is 15.6 Å². The van der Waals surface area contributed by atoms with Crippen molar-refractivity contribution in [2.24, 2.45) is 5.73 Å². The molecule has 0 spiro atoms. The number of carbonyl (C=O) groups is 2. The van der Waals surface area contributed by atoms with Crippen LogP contribution in [0.4, 0.5) is 16.2 Å². The highest BCUT2D eigenvalue weighted by atomic mass is 35.5. The number of carbonyl (C=O) groups excluding carboxylic acids is 2. The number of hydrogen-bond acceptors (Lipinski definition) is 3. The molecule has 2 aromatic rings. The van der Waals surface area contributed by atoms with Crippen molar-refractivity contribution in [3.63, 3.8) is 0 Å². The maximum atomic E-state index is 11.9. The Morgan fingerprint density at radius 2 is 1.60 bits per heavy atom. The first-order chi connectivity index (χ1) is 9.54. The highest BCUT2D eigenvalue weighted by molar-refractivity contribution is 6.29. The number of hydrogen-bond donors (Lipinski definition) is 3. The summed E-state index contributed by atoms with van der Waals surface area (Å²) in [7, 11) is 0. The Hall–Kier alpha value is -2.60. The first-order valence-corrected chi connectivity index (χ1v) is 6.02. The van der Waals surface area contributed by atoms with Crippen LogP contribution in [-0.4, -0.2) is 16.9 Å². The highest BCUT2D eigenvalue weighted by Gasteiger charge is 2.06. The Labute approximate surface area is 120 Å². The van der Waals surface area contributed by atoms with Crippen LogP contribution in [0.3, 0.4) is 0 Å². The quantitative estimate of drug-likeness (QED) is 0.757. The van der Waals surface area contributed by atoms with Crippen molar-refractivity contribution in [3.8, 4) is 0 Å². The van der Waals surface area contributed by atoms with Gasteiger partial charge in [0.2, 0.25) is 0 Å².